The van der Waals surface area contributed by atoms with Crippen LogP contribution >= 0.6 is 12.4 Å². The number of hydrogen-bond acceptors (Lipinski definition) is 4. The fourth-order valence-corrected chi connectivity index (χ4v) is 6.75. The van der Waals surface area contributed by atoms with E-state index >= 15 is 0 Å². The number of likely N-dealkylation sites (N-methyl/N-ethyl adjacent to an activating group) is 1. The Labute approximate surface area is 240 Å². The van der Waals surface area contributed by atoms with E-state index in [2.05, 4.69) is 11.8 Å². The second-order valence-corrected chi connectivity index (χ2v) is 11.0. The van der Waals surface area contributed by atoms with Gasteiger partial charge in [-0.15, -0.1) is 12.4 Å². The third kappa shape index (κ3) is 4.99. The topological polar surface area (TPSA) is 86.1 Å². The van der Waals surface area contributed by atoms with Crippen molar-refractivity contribution in [2.45, 2.75) is 51.5 Å². The minimum Gasteiger partial charge on any atom is -0.478 e. The van der Waals surface area contributed by atoms with Crippen molar-refractivity contribution in [2.24, 2.45) is 0 Å². The van der Waals surface area contributed by atoms with Crippen molar-refractivity contribution in [1.29, 1.82) is 0 Å². The molecule has 9 heteroatoms. The van der Waals surface area contributed by atoms with Crippen LogP contribution in [0.4, 0.5) is 5.69 Å². The number of para-hydroxylation sites is 1. The van der Waals surface area contributed by atoms with Crippen LogP contribution in [0.15, 0.2) is 42.5 Å². The van der Waals surface area contributed by atoms with Crippen molar-refractivity contribution in [3.63, 3.8) is 0 Å². The summed E-state index contributed by atoms with van der Waals surface area (Å²) >= 11 is 0. The summed E-state index contributed by atoms with van der Waals surface area (Å²) in [6.45, 7) is 6.21. The first-order valence-corrected chi connectivity index (χ1v) is 14.3. The summed E-state index contributed by atoms with van der Waals surface area (Å²) in [7, 11) is 0. The lowest BCUT2D eigenvalue weighted by Gasteiger charge is -2.35. The molecule has 3 heterocycles. The Kier molecular flexibility index (Phi) is 8.19. The lowest BCUT2D eigenvalue weighted by Crippen LogP contribution is -2.52. The molecule has 3 aromatic rings. The molecule has 40 heavy (non-hydrogen) atoms. The first-order valence-electron chi connectivity index (χ1n) is 14.3. The number of carbonyl (C=O) groups is 3. The van der Waals surface area contributed by atoms with Crippen LogP contribution in [-0.4, -0.2) is 76.5 Å². The number of halogens is 1. The van der Waals surface area contributed by atoms with Crippen LogP contribution in [0.5, 0.6) is 0 Å². The van der Waals surface area contributed by atoms with E-state index in [9.17, 15) is 19.5 Å². The van der Waals surface area contributed by atoms with Gasteiger partial charge in [0.15, 0.2) is 0 Å². The molecule has 0 bridgehead atoms. The Balaban J connectivity index is 0.00000323. The van der Waals surface area contributed by atoms with E-state index in [1.165, 1.54) is 12.0 Å². The molecular weight excluding hydrogens is 528 g/mol. The summed E-state index contributed by atoms with van der Waals surface area (Å²) in [5.74, 6) is -0.831. The number of carboxylic acids is 1. The fraction of sp³-hybridized carbons (Fsp3) is 0.452. The number of piperazine rings is 1. The molecule has 1 aromatic heterocycles. The van der Waals surface area contributed by atoms with Crippen molar-refractivity contribution in [2.75, 3.05) is 44.2 Å². The maximum Gasteiger partial charge on any atom is 0.335 e. The Morgan fingerprint density at radius 3 is 2.40 bits per heavy atom. The molecule has 0 spiro atoms. The van der Waals surface area contributed by atoms with Gasteiger partial charge in [0.25, 0.3) is 0 Å². The molecule has 2 aromatic carbocycles. The zero-order valence-corrected chi connectivity index (χ0v) is 23.8. The van der Waals surface area contributed by atoms with Gasteiger partial charge in [0.05, 0.1) is 22.5 Å². The average molecular weight is 565 g/mol. The average Bonchev–Trinajstić information content (AvgIpc) is 3.23. The monoisotopic (exact) mass is 564 g/mol. The van der Waals surface area contributed by atoms with Crippen LogP contribution in [0.25, 0.3) is 22.2 Å². The number of hydrogen-bond donors (Lipinski definition) is 1. The lowest BCUT2D eigenvalue weighted by atomic mass is 9.81. The Morgan fingerprint density at radius 2 is 1.70 bits per heavy atom. The third-order valence-electron chi connectivity index (χ3n) is 8.87. The molecule has 0 atom stereocenters. The molecule has 1 saturated carbocycles. The van der Waals surface area contributed by atoms with Crippen LogP contribution in [0.3, 0.4) is 0 Å². The molecule has 0 radical (unpaired) electrons. The van der Waals surface area contributed by atoms with Gasteiger partial charge >= 0.3 is 5.97 Å². The van der Waals surface area contributed by atoms with Crippen LogP contribution in [0.1, 0.15) is 60.9 Å². The number of rotatable bonds is 5. The van der Waals surface area contributed by atoms with Crippen molar-refractivity contribution in [3.05, 3.63) is 53.6 Å². The second kappa shape index (κ2) is 11.6. The molecule has 212 valence electrons. The van der Waals surface area contributed by atoms with Gasteiger partial charge in [0.2, 0.25) is 11.8 Å². The summed E-state index contributed by atoms with van der Waals surface area (Å²) in [6, 6.07) is 13.2. The number of fused-ring (bicyclic) bond motifs is 5. The highest BCUT2D eigenvalue weighted by atomic mass is 35.5. The molecule has 1 aliphatic carbocycles. The van der Waals surface area contributed by atoms with Gasteiger partial charge in [0, 0.05) is 37.1 Å². The number of benzene rings is 2. The van der Waals surface area contributed by atoms with Gasteiger partial charge in [-0.2, -0.15) is 0 Å². The lowest BCUT2D eigenvalue weighted by molar-refractivity contribution is -0.133. The zero-order valence-electron chi connectivity index (χ0n) is 23.0. The molecule has 2 aliphatic heterocycles. The van der Waals surface area contributed by atoms with E-state index in [4.69, 9.17) is 0 Å². The van der Waals surface area contributed by atoms with Crippen molar-refractivity contribution < 1.29 is 19.5 Å². The van der Waals surface area contributed by atoms with E-state index in [0.717, 1.165) is 73.2 Å². The van der Waals surface area contributed by atoms with E-state index in [1.54, 1.807) is 17.0 Å². The van der Waals surface area contributed by atoms with Gasteiger partial charge in [-0.05, 0) is 49.1 Å². The van der Waals surface area contributed by atoms with Gasteiger partial charge in [-0.3, -0.25) is 9.59 Å². The van der Waals surface area contributed by atoms with E-state index < -0.39 is 5.97 Å². The molecule has 0 unspecified atom stereocenters. The number of carbonyl (C=O) groups excluding carboxylic acids is 2. The smallest absolute Gasteiger partial charge is 0.335 e. The highest BCUT2D eigenvalue weighted by Gasteiger charge is 2.34. The summed E-state index contributed by atoms with van der Waals surface area (Å²) < 4.78 is 2.01. The number of carboxylic acid groups (broad SMARTS) is 1. The number of amides is 2. The van der Waals surface area contributed by atoms with Crippen molar-refractivity contribution in [3.8, 4) is 11.3 Å². The standard InChI is InChI=1S/C31H36N4O4.ClH/c1-2-32-14-16-33(17-15-32)27(36)19-34-25-11-7-6-10-24(25)30-29(21-8-4-3-5-9-21)23-13-12-22(31(38)39)18-26(23)35(30)20-28(34)37;/h6-7,10-13,18,21H,2-5,8-9,14-17,19-20H2,1H3,(H,38,39);1H. The summed E-state index contributed by atoms with van der Waals surface area (Å²) in [5, 5.41) is 10.8. The molecule has 2 fully saturated rings. The Hall–Kier alpha value is -3.36. The molecule has 1 saturated heterocycles. The first kappa shape index (κ1) is 28.2. The van der Waals surface area contributed by atoms with Crippen molar-refractivity contribution in [1.82, 2.24) is 14.4 Å². The molecule has 6 rings (SSSR count). The molecule has 8 nitrogen and oxygen atoms in total. The number of nitrogens with zero attached hydrogens (tertiary/aromatic N) is 4. The number of anilines is 1. The van der Waals surface area contributed by atoms with Gasteiger partial charge < -0.3 is 24.4 Å². The summed E-state index contributed by atoms with van der Waals surface area (Å²) in [5.41, 5.74) is 4.88. The van der Waals surface area contributed by atoms with Gasteiger partial charge in [0.1, 0.15) is 13.1 Å². The van der Waals surface area contributed by atoms with Gasteiger partial charge in [-0.1, -0.05) is 50.5 Å². The highest BCUT2D eigenvalue weighted by molar-refractivity contribution is 6.07. The normalized spacial score (nSPS) is 18.2. The fourth-order valence-electron chi connectivity index (χ4n) is 6.75. The Bertz CT molecular complexity index is 1440. The Morgan fingerprint density at radius 1 is 0.975 bits per heavy atom. The molecular formula is C31H37ClN4O4. The number of aromatic carboxylic acids is 1. The maximum absolute atomic E-state index is 13.9. The number of aromatic nitrogens is 1. The highest BCUT2D eigenvalue weighted by Crippen LogP contribution is 2.47. The van der Waals surface area contributed by atoms with Crippen LogP contribution in [0, 0.1) is 0 Å². The summed E-state index contributed by atoms with van der Waals surface area (Å²) in [4.78, 5) is 45.1. The van der Waals surface area contributed by atoms with Crippen LogP contribution in [-0.2, 0) is 16.1 Å². The largest absolute Gasteiger partial charge is 0.478 e. The second-order valence-electron chi connectivity index (χ2n) is 11.0. The quantitative estimate of drug-likeness (QED) is 0.472. The third-order valence-corrected chi connectivity index (χ3v) is 8.87. The molecule has 1 N–H and O–H groups in total. The van der Waals surface area contributed by atoms with E-state index in [-0.39, 0.29) is 42.9 Å². The predicted molar refractivity (Wildman–Crippen MR) is 158 cm³/mol. The predicted octanol–water partition coefficient (Wildman–Crippen LogP) is 4.99. The van der Waals surface area contributed by atoms with Crippen LogP contribution in [0.2, 0.25) is 0 Å². The molecule has 3 aliphatic rings. The van der Waals surface area contributed by atoms with Crippen molar-refractivity contribution >= 4 is 46.8 Å². The molecule has 2 amide bonds. The first-order chi connectivity index (χ1) is 19.0. The van der Waals surface area contributed by atoms with Gasteiger partial charge in [-0.25, -0.2) is 4.79 Å². The maximum atomic E-state index is 13.9. The SMILES string of the molecule is CCN1CCN(C(=O)CN2C(=O)Cn3c(c(C4CCCCC4)c4ccc(C(=O)O)cc43)-c3ccccc32)CC1.Cl. The van der Waals surface area contributed by atoms with E-state index in [1.807, 2.05) is 39.8 Å². The van der Waals surface area contributed by atoms with Crippen LogP contribution < -0.4 is 4.90 Å². The van der Waals surface area contributed by atoms with E-state index in [0.29, 0.717) is 19.0 Å². The minimum atomic E-state index is -0.984. The minimum absolute atomic E-state index is 0. The summed E-state index contributed by atoms with van der Waals surface area (Å²) in [6.07, 6.45) is 5.71. The zero-order chi connectivity index (χ0) is 27.1.